The smallest absolute Gasteiger partial charge is 0.231 e. The van der Waals surface area contributed by atoms with Crippen LogP contribution in [0.2, 0.25) is 0 Å². The van der Waals surface area contributed by atoms with E-state index in [2.05, 4.69) is 20.3 Å². The van der Waals surface area contributed by atoms with E-state index >= 15 is 0 Å². The Hall–Kier alpha value is -1.82. The molecule has 19 heavy (non-hydrogen) atoms. The van der Waals surface area contributed by atoms with Crippen LogP contribution in [-0.2, 0) is 0 Å². The number of nitrogens with zero attached hydrogens (tertiary/aromatic N) is 3. The highest BCUT2D eigenvalue weighted by Crippen LogP contribution is 2.27. The zero-order valence-electron chi connectivity index (χ0n) is 11.4. The van der Waals surface area contributed by atoms with Crippen LogP contribution in [-0.4, -0.2) is 28.3 Å². The molecule has 0 atom stereocenters. The van der Waals surface area contributed by atoms with Gasteiger partial charge >= 0.3 is 0 Å². The van der Waals surface area contributed by atoms with Gasteiger partial charge in [0.2, 0.25) is 5.95 Å². The second-order valence-corrected chi connectivity index (χ2v) is 4.84. The van der Waals surface area contributed by atoms with Gasteiger partial charge in [0.15, 0.2) is 5.16 Å². The van der Waals surface area contributed by atoms with E-state index < -0.39 is 0 Å². The molecule has 0 aliphatic carbocycles. The molecule has 0 unspecified atom stereocenters. The van der Waals surface area contributed by atoms with Gasteiger partial charge in [0.25, 0.3) is 0 Å². The standard InChI is InChI=1S/C13H16N4OS/c1-8-5-10(6-9(2)11(8)18-3)16-12-14-7-15-13(17-12)19-4/h5-7H,1-4H3,(H,14,15,16,17). The molecule has 0 saturated carbocycles. The summed E-state index contributed by atoms with van der Waals surface area (Å²) in [6, 6.07) is 4.02. The molecule has 2 aromatic rings. The number of benzene rings is 1. The van der Waals surface area contributed by atoms with Crippen LogP contribution in [0.4, 0.5) is 11.6 Å². The predicted octanol–water partition coefficient (Wildman–Crippen LogP) is 2.96. The molecule has 0 spiro atoms. The Morgan fingerprint density at radius 2 is 1.84 bits per heavy atom. The number of aryl methyl sites for hydroxylation is 2. The highest BCUT2D eigenvalue weighted by atomic mass is 32.2. The fourth-order valence-electron chi connectivity index (χ4n) is 1.91. The van der Waals surface area contributed by atoms with Crippen LogP contribution >= 0.6 is 11.8 Å². The van der Waals surface area contributed by atoms with Crippen molar-refractivity contribution in [3.63, 3.8) is 0 Å². The fourth-order valence-corrected chi connectivity index (χ4v) is 2.24. The Morgan fingerprint density at radius 1 is 1.16 bits per heavy atom. The first kappa shape index (κ1) is 13.6. The molecule has 0 amide bonds. The second kappa shape index (κ2) is 5.88. The average molecular weight is 276 g/mol. The number of hydrogen-bond donors (Lipinski definition) is 1. The first-order valence-corrected chi connectivity index (χ1v) is 7.02. The van der Waals surface area contributed by atoms with E-state index in [1.807, 2.05) is 32.2 Å². The van der Waals surface area contributed by atoms with Gasteiger partial charge < -0.3 is 10.1 Å². The van der Waals surface area contributed by atoms with E-state index in [9.17, 15) is 0 Å². The van der Waals surface area contributed by atoms with Crippen LogP contribution in [0.15, 0.2) is 23.6 Å². The summed E-state index contributed by atoms with van der Waals surface area (Å²) in [5.74, 6) is 1.45. The third kappa shape index (κ3) is 3.14. The Balaban J connectivity index is 2.28. The van der Waals surface area contributed by atoms with Crippen LogP contribution in [0, 0.1) is 13.8 Å². The molecule has 1 N–H and O–H groups in total. The largest absolute Gasteiger partial charge is 0.496 e. The molecular weight excluding hydrogens is 260 g/mol. The molecule has 5 nitrogen and oxygen atoms in total. The number of ether oxygens (including phenoxy) is 1. The quantitative estimate of drug-likeness (QED) is 0.866. The minimum absolute atomic E-state index is 0.545. The highest BCUT2D eigenvalue weighted by Gasteiger charge is 2.06. The monoisotopic (exact) mass is 276 g/mol. The van der Waals surface area contributed by atoms with Gasteiger partial charge in [0.05, 0.1) is 7.11 Å². The van der Waals surface area contributed by atoms with Gasteiger partial charge in [0.1, 0.15) is 12.1 Å². The van der Waals surface area contributed by atoms with E-state index in [0.29, 0.717) is 11.1 Å². The summed E-state index contributed by atoms with van der Waals surface area (Å²) in [5, 5.41) is 3.87. The average Bonchev–Trinajstić information content (AvgIpc) is 2.38. The summed E-state index contributed by atoms with van der Waals surface area (Å²) >= 11 is 1.48. The lowest BCUT2D eigenvalue weighted by Crippen LogP contribution is -2.00. The van der Waals surface area contributed by atoms with Crippen LogP contribution < -0.4 is 10.1 Å². The fraction of sp³-hybridized carbons (Fsp3) is 0.308. The predicted molar refractivity (Wildman–Crippen MR) is 77.4 cm³/mol. The molecule has 0 aliphatic rings. The van der Waals surface area contributed by atoms with E-state index in [1.165, 1.54) is 18.1 Å². The van der Waals surface area contributed by atoms with E-state index in [0.717, 1.165) is 22.6 Å². The van der Waals surface area contributed by atoms with Crippen molar-refractivity contribution in [2.45, 2.75) is 19.0 Å². The van der Waals surface area contributed by atoms with Gasteiger partial charge in [-0.1, -0.05) is 11.8 Å². The number of hydrogen-bond acceptors (Lipinski definition) is 6. The summed E-state index contributed by atoms with van der Waals surface area (Å²) in [6.07, 6.45) is 3.44. The minimum atomic E-state index is 0.545. The maximum atomic E-state index is 5.35. The maximum absolute atomic E-state index is 5.35. The first-order chi connectivity index (χ1) is 9.13. The van der Waals surface area contributed by atoms with Crippen molar-refractivity contribution in [3.05, 3.63) is 29.6 Å². The van der Waals surface area contributed by atoms with Crippen molar-refractivity contribution in [2.75, 3.05) is 18.7 Å². The van der Waals surface area contributed by atoms with Crippen molar-refractivity contribution >= 4 is 23.4 Å². The summed E-state index contributed by atoms with van der Waals surface area (Å²) in [4.78, 5) is 12.4. The molecule has 0 fully saturated rings. The van der Waals surface area contributed by atoms with Gasteiger partial charge in [-0.25, -0.2) is 9.97 Å². The Labute approximate surface area is 116 Å². The Morgan fingerprint density at radius 3 is 2.42 bits per heavy atom. The van der Waals surface area contributed by atoms with Crippen LogP contribution in [0.25, 0.3) is 0 Å². The zero-order valence-corrected chi connectivity index (χ0v) is 12.2. The van der Waals surface area contributed by atoms with Gasteiger partial charge in [-0.2, -0.15) is 4.98 Å². The van der Waals surface area contributed by atoms with Gasteiger partial charge in [-0.05, 0) is 43.4 Å². The molecule has 0 saturated heterocycles. The molecule has 1 aromatic heterocycles. The van der Waals surface area contributed by atoms with Gasteiger partial charge in [-0.15, -0.1) is 0 Å². The van der Waals surface area contributed by atoms with Crippen molar-refractivity contribution in [1.29, 1.82) is 0 Å². The minimum Gasteiger partial charge on any atom is -0.496 e. The summed E-state index contributed by atoms with van der Waals surface area (Å²) in [7, 11) is 1.68. The Kier molecular flexibility index (Phi) is 4.21. The number of aromatic nitrogens is 3. The van der Waals surface area contributed by atoms with Crippen molar-refractivity contribution in [1.82, 2.24) is 15.0 Å². The number of rotatable bonds is 4. The third-order valence-electron chi connectivity index (χ3n) is 2.65. The Bertz CT molecular complexity index is 566. The molecule has 2 rings (SSSR count). The lowest BCUT2D eigenvalue weighted by molar-refractivity contribution is 0.408. The lowest BCUT2D eigenvalue weighted by Gasteiger charge is -2.12. The van der Waals surface area contributed by atoms with Gasteiger partial charge in [0, 0.05) is 5.69 Å². The van der Waals surface area contributed by atoms with E-state index in [1.54, 1.807) is 7.11 Å². The van der Waals surface area contributed by atoms with Crippen LogP contribution in [0.3, 0.4) is 0 Å². The lowest BCUT2D eigenvalue weighted by atomic mass is 10.1. The molecule has 1 heterocycles. The van der Waals surface area contributed by atoms with Crippen LogP contribution in [0.5, 0.6) is 5.75 Å². The number of thioether (sulfide) groups is 1. The van der Waals surface area contributed by atoms with Gasteiger partial charge in [-0.3, -0.25) is 0 Å². The highest BCUT2D eigenvalue weighted by molar-refractivity contribution is 7.98. The molecular formula is C13H16N4OS. The summed E-state index contributed by atoms with van der Waals surface area (Å²) in [6.45, 7) is 4.02. The number of nitrogens with one attached hydrogen (secondary N) is 1. The van der Waals surface area contributed by atoms with Crippen molar-refractivity contribution in [3.8, 4) is 5.75 Å². The summed E-state index contributed by atoms with van der Waals surface area (Å²) < 4.78 is 5.35. The summed E-state index contributed by atoms with van der Waals surface area (Å²) in [5.41, 5.74) is 3.09. The van der Waals surface area contributed by atoms with E-state index in [-0.39, 0.29) is 0 Å². The normalized spacial score (nSPS) is 10.3. The van der Waals surface area contributed by atoms with Crippen molar-refractivity contribution < 1.29 is 4.74 Å². The molecule has 0 aliphatic heterocycles. The second-order valence-electron chi connectivity index (χ2n) is 4.06. The zero-order chi connectivity index (χ0) is 13.8. The molecule has 6 heteroatoms. The molecule has 1 aromatic carbocycles. The third-order valence-corrected chi connectivity index (χ3v) is 3.21. The molecule has 100 valence electrons. The topological polar surface area (TPSA) is 59.9 Å². The van der Waals surface area contributed by atoms with Crippen molar-refractivity contribution in [2.24, 2.45) is 0 Å². The first-order valence-electron chi connectivity index (χ1n) is 5.79. The van der Waals surface area contributed by atoms with Crippen LogP contribution in [0.1, 0.15) is 11.1 Å². The molecule has 0 radical (unpaired) electrons. The number of anilines is 2. The van der Waals surface area contributed by atoms with E-state index in [4.69, 9.17) is 4.74 Å². The SMILES string of the molecule is COc1c(C)cc(Nc2ncnc(SC)n2)cc1C. The number of methoxy groups -OCH3 is 1. The maximum Gasteiger partial charge on any atom is 0.231 e. The molecule has 0 bridgehead atoms.